The Kier molecular flexibility index (Phi) is 5.29. The Bertz CT molecular complexity index is 537. The maximum Gasteiger partial charge on any atom is 0.408 e. The number of carboxylic acids is 1. The minimum Gasteiger partial charge on any atom is -0.480 e. The largest absolute Gasteiger partial charge is 0.480 e. The summed E-state index contributed by atoms with van der Waals surface area (Å²) in [5, 5.41) is 11.5. The van der Waals surface area contributed by atoms with Crippen molar-refractivity contribution >= 4 is 12.1 Å². The molecule has 0 aliphatic carbocycles. The monoisotopic (exact) mass is 297 g/mol. The van der Waals surface area contributed by atoms with E-state index in [2.05, 4.69) is 5.32 Å². The normalized spacial score (nSPS) is 12.6. The molecule has 1 aromatic carbocycles. The molecule has 21 heavy (non-hydrogen) atoms. The summed E-state index contributed by atoms with van der Waals surface area (Å²) >= 11 is 0. The van der Waals surface area contributed by atoms with Crippen molar-refractivity contribution in [3.63, 3.8) is 0 Å². The molecule has 0 heterocycles. The van der Waals surface area contributed by atoms with Crippen LogP contribution < -0.4 is 5.32 Å². The number of benzene rings is 1. The van der Waals surface area contributed by atoms with E-state index in [4.69, 9.17) is 4.74 Å². The van der Waals surface area contributed by atoms with Crippen molar-refractivity contribution in [2.45, 2.75) is 45.8 Å². The fourth-order valence-electron chi connectivity index (χ4n) is 1.74. The number of carbonyl (C=O) groups is 2. The van der Waals surface area contributed by atoms with Gasteiger partial charge in [-0.05, 0) is 44.9 Å². The summed E-state index contributed by atoms with van der Waals surface area (Å²) < 4.78 is 18.5. The molecule has 0 aliphatic rings. The van der Waals surface area contributed by atoms with E-state index >= 15 is 0 Å². The van der Waals surface area contributed by atoms with E-state index in [0.717, 1.165) is 0 Å². The van der Waals surface area contributed by atoms with Gasteiger partial charge in [0.05, 0.1) is 0 Å². The fourth-order valence-corrected chi connectivity index (χ4v) is 1.74. The Morgan fingerprint density at radius 2 is 2.00 bits per heavy atom. The number of aliphatic carboxylic acids is 1. The smallest absolute Gasteiger partial charge is 0.408 e. The molecule has 0 aromatic heterocycles. The Labute approximate surface area is 123 Å². The number of carbonyl (C=O) groups excluding carboxylic acids is 1. The highest BCUT2D eigenvalue weighted by atomic mass is 19.1. The average molecular weight is 297 g/mol. The Balaban J connectivity index is 2.82. The van der Waals surface area contributed by atoms with E-state index in [0.29, 0.717) is 11.1 Å². The predicted octanol–water partition coefficient (Wildman–Crippen LogP) is 2.65. The van der Waals surface area contributed by atoms with Crippen LogP contribution in [-0.2, 0) is 16.0 Å². The number of halogens is 1. The van der Waals surface area contributed by atoms with Gasteiger partial charge in [0, 0.05) is 6.42 Å². The van der Waals surface area contributed by atoms with Crippen LogP contribution in [0, 0.1) is 12.7 Å². The highest BCUT2D eigenvalue weighted by molar-refractivity contribution is 5.80. The van der Waals surface area contributed by atoms with Crippen LogP contribution >= 0.6 is 0 Å². The van der Waals surface area contributed by atoms with Crippen molar-refractivity contribution in [2.75, 3.05) is 0 Å². The standard InChI is InChI=1S/C15H20FNO4/c1-9-10(6-5-7-11(9)16)8-12(13(18)19)17-14(20)21-15(2,3)4/h5-7,12H,8H2,1-4H3,(H,17,20)(H,18,19). The molecule has 6 heteroatoms. The Hall–Kier alpha value is -2.11. The number of hydrogen-bond donors (Lipinski definition) is 2. The van der Waals surface area contributed by atoms with Gasteiger partial charge < -0.3 is 15.2 Å². The molecule has 0 bridgehead atoms. The van der Waals surface area contributed by atoms with Gasteiger partial charge in [-0.25, -0.2) is 14.0 Å². The summed E-state index contributed by atoms with van der Waals surface area (Å²) in [5.74, 6) is -1.61. The molecule has 0 saturated carbocycles. The summed E-state index contributed by atoms with van der Waals surface area (Å²) in [6.07, 6.45) is -0.831. The summed E-state index contributed by atoms with van der Waals surface area (Å²) in [6, 6.07) is 3.26. The van der Waals surface area contributed by atoms with Crippen molar-refractivity contribution in [1.82, 2.24) is 5.32 Å². The zero-order chi connectivity index (χ0) is 16.2. The van der Waals surface area contributed by atoms with Crippen molar-refractivity contribution in [3.8, 4) is 0 Å². The molecule has 0 aliphatic heterocycles. The summed E-state index contributed by atoms with van der Waals surface area (Å²) in [5.41, 5.74) is 0.176. The van der Waals surface area contributed by atoms with Crippen LogP contribution in [0.5, 0.6) is 0 Å². The van der Waals surface area contributed by atoms with Gasteiger partial charge in [0.1, 0.15) is 17.5 Å². The minimum atomic E-state index is -1.20. The van der Waals surface area contributed by atoms with Crippen LogP contribution in [-0.4, -0.2) is 28.8 Å². The van der Waals surface area contributed by atoms with Gasteiger partial charge in [0.2, 0.25) is 0 Å². The van der Waals surface area contributed by atoms with Crippen LogP contribution in [0.4, 0.5) is 9.18 Å². The molecule has 1 rings (SSSR count). The van der Waals surface area contributed by atoms with Crippen molar-refractivity contribution in [3.05, 3.63) is 35.1 Å². The van der Waals surface area contributed by atoms with Crippen LogP contribution in [0.3, 0.4) is 0 Å². The van der Waals surface area contributed by atoms with E-state index in [1.165, 1.54) is 12.1 Å². The molecule has 1 aromatic rings. The lowest BCUT2D eigenvalue weighted by Crippen LogP contribution is -2.44. The zero-order valence-corrected chi connectivity index (χ0v) is 12.6. The van der Waals surface area contributed by atoms with Crippen LogP contribution in [0.2, 0.25) is 0 Å². The topological polar surface area (TPSA) is 75.6 Å². The molecule has 0 spiro atoms. The molecule has 0 fully saturated rings. The Morgan fingerprint density at radius 3 is 2.52 bits per heavy atom. The SMILES string of the molecule is Cc1c(F)cccc1CC(NC(=O)OC(C)(C)C)C(=O)O. The molecule has 2 N–H and O–H groups in total. The number of ether oxygens (including phenoxy) is 1. The molecule has 1 amide bonds. The van der Waals surface area contributed by atoms with Crippen LogP contribution in [0.15, 0.2) is 18.2 Å². The van der Waals surface area contributed by atoms with Gasteiger partial charge in [-0.3, -0.25) is 0 Å². The number of carboxylic acid groups (broad SMARTS) is 1. The summed E-state index contributed by atoms with van der Waals surface area (Å²) in [7, 11) is 0. The van der Waals surface area contributed by atoms with Crippen molar-refractivity contribution in [2.24, 2.45) is 0 Å². The molecule has 5 nitrogen and oxygen atoms in total. The van der Waals surface area contributed by atoms with Crippen LogP contribution in [0.25, 0.3) is 0 Å². The molecular weight excluding hydrogens is 277 g/mol. The number of rotatable bonds is 4. The molecule has 116 valence electrons. The second-order valence-corrected chi connectivity index (χ2v) is 5.77. The van der Waals surface area contributed by atoms with Gasteiger partial charge in [-0.2, -0.15) is 0 Å². The molecule has 0 saturated heterocycles. The third-order valence-corrected chi connectivity index (χ3v) is 2.79. The van der Waals surface area contributed by atoms with Gasteiger partial charge >= 0.3 is 12.1 Å². The van der Waals surface area contributed by atoms with E-state index < -0.39 is 29.5 Å². The average Bonchev–Trinajstić information content (AvgIpc) is 2.31. The van der Waals surface area contributed by atoms with Gasteiger partial charge in [-0.15, -0.1) is 0 Å². The van der Waals surface area contributed by atoms with Gasteiger partial charge in [0.15, 0.2) is 0 Å². The Morgan fingerprint density at radius 1 is 1.38 bits per heavy atom. The van der Waals surface area contributed by atoms with Crippen LogP contribution in [0.1, 0.15) is 31.9 Å². The third-order valence-electron chi connectivity index (χ3n) is 2.79. The second-order valence-electron chi connectivity index (χ2n) is 5.77. The first-order valence-corrected chi connectivity index (χ1v) is 6.56. The third kappa shape index (κ3) is 5.41. The molecule has 1 unspecified atom stereocenters. The highest BCUT2D eigenvalue weighted by Crippen LogP contribution is 2.15. The van der Waals surface area contributed by atoms with E-state index in [-0.39, 0.29) is 6.42 Å². The van der Waals surface area contributed by atoms with Gasteiger partial charge in [0.25, 0.3) is 0 Å². The lowest BCUT2D eigenvalue weighted by molar-refractivity contribution is -0.139. The number of amides is 1. The quantitative estimate of drug-likeness (QED) is 0.896. The number of alkyl carbamates (subject to hydrolysis) is 1. The first kappa shape index (κ1) is 16.9. The molecule has 1 atom stereocenters. The first-order valence-electron chi connectivity index (χ1n) is 6.56. The number of nitrogens with one attached hydrogen (secondary N) is 1. The summed E-state index contributed by atoms with van der Waals surface area (Å²) in [6.45, 7) is 6.61. The lowest BCUT2D eigenvalue weighted by Gasteiger charge is -2.22. The maximum atomic E-state index is 13.5. The predicted molar refractivity (Wildman–Crippen MR) is 75.6 cm³/mol. The number of hydrogen-bond acceptors (Lipinski definition) is 3. The maximum absolute atomic E-state index is 13.5. The molecule has 0 radical (unpaired) electrons. The highest BCUT2D eigenvalue weighted by Gasteiger charge is 2.24. The van der Waals surface area contributed by atoms with Crippen molar-refractivity contribution < 1.29 is 23.8 Å². The van der Waals surface area contributed by atoms with E-state index in [9.17, 15) is 19.1 Å². The first-order chi connectivity index (χ1) is 9.60. The van der Waals surface area contributed by atoms with E-state index in [1.807, 2.05) is 0 Å². The fraction of sp³-hybridized carbons (Fsp3) is 0.467. The van der Waals surface area contributed by atoms with Crippen molar-refractivity contribution in [1.29, 1.82) is 0 Å². The minimum absolute atomic E-state index is 0.0157. The summed E-state index contributed by atoms with van der Waals surface area (Å²) in [4.78, 5) is 22.9. The lowest BCUT2D eigenvalue weighted by atomic mass is 10.0. The second kappa shape index (κ2) is 6.56. The van der Waals surface area contributed by atoms with Gasteiger partial charge in [-0.1, -0.05) is 12.1 Å². The zero-order valence-electron chi connectivity index (χ0n) is 12.6. The molecular formula is C15H20FNO4. The van der Waals surface area contributed by atoms with E-state index in [1.54, 1.807) is 33.8 Å².